The molecule has 2 heterocycles. The normalized spacial score (nSPS) is 19.6. The summed E-state index contributed by atoms with van der Waals surface area (Å²) < 4.78 is 0. The highest BCUT2D eigenvalue weighted by molar-refractivity contribution is 7.14. The Hall–Kier alpha value is -1.49. The average molecular weight is 361 g/mol. The summed E-state index contributed by atoms with van der Waals surface area (Å²) in [4.78, 5) is 7.32. The number of hydrogen-bond acceptors (Lipinski definition) is 3. The molecule has 0 bridgehead atoms. The van der Waals surface area contributed by atoms with Crippen LogP contribution in [0, 0.1) is 0 Å². The Kier molecular flexibility index (Phi) is 7.22. The van der Waals surface area contributed by atoms with Crippen LogP contribution in [-0.2, 0) is 0 Å². The molecule has 0 unspecified atom stereocenters. The molecule has 1 aliphatic carbocycles. The lowest BCUT2D eigenvalue weighted by molar-refractivity contribution is 0.463. The Morgan fingerprint density at radius 2 is 2.20 bits per heavy atom. The maximum atomic E-state index is 4.81. The van der Waals surface area contributed by atoms with E-state index in [1.54, 1.807) is 5.57 Å². The number of aliphatic imine (C=N–C) groups is 1. The molecular formula is C20H32N4S. The number of allylic oxidation sites excluding steroid dienone is 1. The van der Waals surface area contributed by atoms with Gasteiger partial charge in [0, 0.05) is 32.2 Å². The van der Waals surface area contributed by atoms with E-state index in [2.05, 4.69) is 46.0 Å². The lowest BCUT2D eigenvalue weighted by Gasteiger charge is -2.33. The van der Waals surface area contributed by atoms with Gasteiger partial charge in [0.15, 0.2) is 5.96 Å². The first-order valence-corrected chi connectivity index (χ1v) is 10.7. The molecule has 3 rings (SSSR count). The summed E-state index contributed by atoms with van der Waals surface area (Å²) in [5.74, 6) is 0.994. The average Bonchev–Trinajstić information content (AvgIpc) is 3.18. The third-order valence-corrected chi connectivity index (χ3v) is 6.01. The molecule has 1 aromatic rings. The van der Waals surface area contributed by atoms with E-state index in [9.17, 15) is 0 Å². The number of nitrogens with zero attached hydrogens (tertiary/aromatic N) is 2. The molecule has 1 aliphatic heterocycles. The van der Waals surface area contributed by atoms with Crippen LogP contribution in [0.1, 0.15) is 51.9 Å². The zero-order chi connectivity index (χ0) is 17.3. The third-order valence-electron chi connectivity index (χ3n) is 5.09. The number of nitrogens with one attached hydrogen (secondary N) is 2. The standard InChI is InChI=1S/C20H32N4S/c1-2-21-20(22-13-10-17-7-4-3-5-8-17)23-18-11-14-24(15-12-18)19-9-6-16-25-19/h6-7,9,16,18H,2-5,8,10-15H2,1H3,(H2,21,22,23). The van der Waals surface area contributed by atoms with E-state index in [-0.39, 0.29) is 0 Å². The fraction of sp³-hybridized carbons (Fsp3) is 0.650. The first-order valence-electron chi connectivity index (χ1n) is 9.86. The molecule has 0 saturated carbocycles. The van der Waals surface area contributed by atoms with E-state index in [0.29, 0.717) is 6.04 Å². The largest absolute Gasteiger partial charge is 0.363 e. The van der Waals surface area contributed by atoms with Crippen LogP contribution in [-0.4, -0.2) is 38.2 Å². The maximum Gasteiger partial charge on any atom is 0.191 e. The molecule has 25 heavy (non-hydrogen) atoms. The molecule has 0 radical (unpaired) electrons. The summed E-state index contributed by atoms with van der Waals surface area (Å²) in [6.07, 6.45) is 11.2. The van der Waals surface area contributed by atoms with Crippen LogP contribution >= 0.6 is 11.3 Å². The molecule has 0 amide bonds. The number of guanidine groups is 1. The van der Waals surface area contributed by atoms with Crippen molar-refractivity contribution in [2.45, 2.75) is 57.9 Å². The molecule has 0 spiro atoms. The van der Waals surface area contributed by atoms with Gasteiger partial charge in [0.25, 0.3) is 0 Å². The Labute approximate surface area is 156 Å². The van der Waals surface area contributed by atoms with E-state index in [1.807, 2.05) is 11.3 Å². The fourth-order valence-electron chi connectivity index (χ4n) is 3.65. The lowest BCUT2D eigenvalue weighted by Crippen LogP contribution is -2.48. The lowest BCUT2D eigenvalue weighted by atomic mass is 9.97. The van der Waals surface area contributed by atoms with Crippen molar-refractivity contribution < 1.29 is 0 Å². The van der Waals surface area contributed by atoms with Crippen molar-refractivity contribution >= 4 is 22.3 Å². The van der Waals surface area contributed by atoms with Crippen molar-refractivity contribution in [1.82, 2.24) is 10.6 Å². The van der Waals surface area contributed by atoms with Crippen LogP contribution in [0.2, 0.25) is 0 Å². The Morgan fingerprint density at radius 1 is 1.32 bits per heavy atom. The minimum absolute atomic E-state index is 0.530. The topological polar surface area (TPSA) is 39.7 Å². The third kappa shape index (κ3) is 5.77. The van der Waals surface area contributed by atoms with Gasteiger partial charge >= 0.3 is 0 Å². The van der Waals surface area contributed by atoms with Gasteiger partial charge in [0.1, 0.15) is 0 Å². The molecule has 2 N–H and O–H groups in total. The van der Waals surface area contributed by atoms with Gasteiger partial charge in [-0.3, -0.25) is 4.99 Å². The molecule has 1 aromatic heterocycles. The second kappa shape index (κ2) is 9.85. The van der Waals surface area contributed by atoms with Gasteiger partial charge in [0.2, 0.25) is 0 Å². The molecule has 0 atom stereocenters. The smallest absolute Gasteiger partial charge is 0.191 e. The highest BCUT2D eigenvalue weighted by atomic mass is 32.1. The monoisotopic (exact) mass is 360 g/mol. The summed E-state index contributed by atoms with van der Waals surface area (Å²) in [5, 5.41) is 10.6. The van der Waals surface area contributed by atoms with Crippen molar-refractivity contribution in [1.29, 1.82) is 0 Å². The van der Waals surface area contributed by atoms with Crippen LogP contribution in [0.15, 0.2) is 34.2 Å². The SMILES string of the molecule is CCNC(=NCCC1=CCCCC1)NC1CCN(c2cccs2)CC1. The second-order valence-corrected chi connectivity index (χ2v) is 7.90. The predicted octanol–water partition coefficient (Wildman–Crippen LogP) is 4.16. The van der Waals surface area contributed by atoms with E-state index in [0.717, 1.165) is 38.6 Å². The second-order valence-electron chi connectivity index (χ2n) is 6.98. The van der Waals surface area contributed by atoms with E-state index < -0.39 is 0 Å². The van der Waals surface area contributed by atoms with Gasteiger partial charge in [-0.2, -0.15) is 0 Å². The van der Waals surface area contributed by atoms with Crippen LogP contribution in [0.5, 0.6) is 0 Å². The summed E-state index contributed by atoms with van der Waals surface area (Å²) in [6.45, 7) is 6.22. The van der Waals surface area contributed by atoms with Crippen molar-refractivity contribution in [2.75, 3.05) is 31.1 Å². The van der Waals surface area contributed by atoms with Crippen LogP contribution in [0.25, 0.3) is 0 Å². The fourth-order valence-corrected chi connectivity index (χ4v) is 4.44. The van der Waals surface area contributed by atoms with E-state index in [1.165, 1.54) is 43.5 Å². The molecule has 1 saturated heterocycles. The van der Waals surface area contributed by atoms with Gasteiger partial charge < -0.3 is 15.5 Å². The molecule has 1 fully saturated rings. The maximum absolute atomic E-state index is 4.81. The Morgan fingerprint density at radius 3 is 2.88 bits per heavy atom. The van der Waals surface area contributed by atoms with Gasteiger partial charge in [-0.25, -0.2) is 0 Å². The number of hydrogen-bond donors (Lipinski definition) is 2. The number of anilines is 1. The number of piperidine rings is 1. The zero-order valence-corrected chi connectivity index (χ0v) is 16.3. The van der Waals surface area contributed by atoms with E-state index >= 15 is 0 Å². The van der Waals surface area contributed by atoms with E-state index in [4.69, 9.17) is 4.99 Å². The predicted molar refractivity (Wildman–Crippen MR) is 110 cm³/mol. The van der Waals surface area contributed by atoms with Crippen molar-refractivity contribution in [2.24, 2.45) is 4.99 Å². The molecule has 0 aromatic carbocycles. The summed E-state index contributed by atoms with van der Waals surface area (Å²) >= 11 is 1.84. The van der Waals surface area contributed by atoms with Crippen molar-refractivity contribution in [3.8, 4) is 0 Å². The van der Waals surface area contributed by atoms with Crippen molar-refractivity contribution in [3.05, 3.63) is 29.2 Å². The molecular weight excluding hydrogens is 328 g/mol. The quantitative estimate of drug-likeness (QED) is 0.454. The zero-order valence-electron chi connectivity index (χ0n) is 15.5. The highest BCUT2D eigenvalue weighted by Gasteiger charge is 2.20. The Balaban J connectivity index is 1.45. The highest BCUT2D eigenvalue weighted by Crippen LogP contribution is 2.24. The van der Waals surface area contributed by atoms with Gasteiger partial charge in [0.05, 0.1) is 5.00 Å². The number of thiophene rings is 1. The van der Waals surface area contributed by atoms with Gasteiger partial charge in [-0.15, -0.1) is 11.3 Å². The van der Waals surface area contributed by atoms with Gasteiger partial charge in [-0.1, -0.05) is 11.6 Å². The summed E-state index contributed by atoms with van der Waals surface area (Å²) in [5.41, 5.74) is 1.61. The minimum Gasteiger partial charge on any atom is -0.363 e. The first kappa shape index (κ1) is 18.3. The van der Waals surface area contributed by atoms with Crippen molar-refractivity contribution in [3.63, 3.8) is 0 Å². The number of rotatable bonds is 6. The molecule has 4 nitrogen and oxygen atoms in total. The molecule has 2 aliphatic rings. The van der Waals surface area contributed by atoms with Gasteiger partial charge in [-0.05, 0) is 69.4 Å². The first-order chi connectivity index (χ1) is 12.3. The molecule has 5 heteroatoms. The van der Waals surface area contributed by atoms with Crippen LogP contribution in [0.4, 0.5) is 5.00 Å². The van der Waals surface area contributed by atoms with Crippen LogP contribution < -0.4 is 15.5 Å². The molecule has 138 valence electrons. The Bertz CT molecular complexity index is 556. The summed E-state index contributed by atoms with van der Waals surface area (Å²) in [7, 11) is 0. The summed E-state index contributed by atoms with van der Waals surface area (Å²) in [6, 6.07) is 4.90. The minimum atomic E-state index is 0.530. The van der Waals surface area contributed by atoms with Crippen LogP contribution in [0.3, 0.4) is 0 Å².